The zero-order chi connectivity index (χ0) is 14.5. The lowest BCUT2D eigenvalue weighted by Gasteiger charge is -2.34. The number of amides is 1. The van der Waals surface area contributed by atoms with Crippen molar-refractivity contribution in [1.82, 2.24) is 15.6 Å². The average Bonchev–Trinajstić information content (AvgIpc) is 2.42. The molecule has 0 bridgehead atoms. The number of rotatable bonds is 5. The van der Waals surface area contributed by atoms with Crippen LogP contribution >= 0.6 is 0 Å². The lowest BCUT2D eigenvalue weighted by Crippen LogP contribution is -2.54. The predicted molar refractivity (Wildman–Crippen MR) is 80.6 cm³/mol. The van der Waals surface area contributed by atoms with Gasteiger partial charge in [0.05, 0.1) is 0 Å². The number of anilines is 1. The highest BCUT2D eigenvalue weighted by molar-refractivity contribution is 5.86. The Bertz CT molecular complexity index is 461. The maximum atomic E-state index is 11.8. The Kier molecular flexibility index (Phi) is 4.95. The Hall–Kier alpha value is -1.62. The summed E-state index contributed by atoms with van der Waals surface area (Å²) in [6.45, 7) is 9.55. The Morgan fingerprint density at radius 3 is 3.10 bits per heavy atom. The number of hydrogen-bond donors (Lipinski definition) is 2. The van der Waals surface area contributed by atoms with E-state index in [-0.39, 0.29) is 11.9 Å². The summed E-state index contributed by atoms with van der Waals surface area (Å²) >= 11 is 0. The van der Waals surface area contributed by atoms with Crippen LogP contribution in [-0.4, -0.2) is 36.6 Å². The van der Waals surface area contributed by atoms with Gasteiger partial charge in [0.2, 0.25) is 5.91 Å². The Labute approximate surface area is 120 Å². The van der Waals surface area contributed by atoms with Gasteiger partial charge < -0.3 is 15.5 Å². The second kappa shape index (κ2) is 6.70. The first kappa shape index (κ1) is 14.8. The van der Waals surface area contributed by atoms with Gasteiger partial charge in [-0.1, -0.05) is 19.9 Å². The van der Waals surface area contributed by atoms with Gasteiger partial charge in [0.15, 0.2) is 0 Å². The van der Waals surface area contributed by atoms with Gasteiger partial charge in [-0.15, -0.1) is 0 Å². The van der Waals surface area contributed by atoms with E-state index in [9.17, 15) is 4.79 Å². The number of carbonyl (C=O) groups excluding carboxylic acids is 1. The summed E-state index contributed by atoms with van der Waals surface area (Å²) in [4.78, 5) is 18.4. The zero-order valence-electron chi connectivity index (χ0n) is 12.5. The van der Waals surface area contributed by atoms with Crippen LogP contribution in [0.25, 0.3) is 0 Å². The number of pyridine rings is 1. The number of nitrogens with one attached hydrogen (secondary N) is 2. The van der Waals surface area contributed by atoms with Gasteiger partial charge in [-0.3, -0.25) is 4.79 Å². The standard InChI is InChI=1S/C15H24N4O/c1-11(2)9-16-10-13-5-4-6-17-14(13)19-8-7-18-15(20)12(19)3/h4-6,11-12,16H,7-10H2,1-3H3,(H,18,20). The molecule has 1 aliphatic rings. The van der Waals surface area contributed by atoms with E-state index in [4.69, 9.17) is 0 Å². The topological polar surface area (TPSA) is 57.3 Å². The normalized spacial score (nSPS) is 19.3. The first-order chi connectivity index (χ1) is 9.59. The van der Waals surface area contributed by atoms with Crippen LogP contribution in [-0.2, 0) is 11.3 Å². The largest absolute Gasteiger partial charge is 0.353 e. The molecule has 0 radical (unpaired) electrons. The molecule has 5 nitrogen and oxygen atoms in total. The summed E-state index contributed by atoms with van der Waals surface area (Å²) in [7, 11) is 0. The average molecular weight is 276 g/mol. The molecule has 1 aromatic heterocycles. The first-order valence-corrected chi connectivity index (χ1v) is 7.28. The predicted octanol–water partition coefficient (Wildman–Crippen LogP) is 1.15. The zero-order valence-corrected chi connectivity index (χ0v) is 12.5. The molecule has 0 saturated carbocycles. The van der Waals surface area contributed by atoms with Gasteiger partial charge in [-0.05, 0) is 25.5 Å². The van der Waals surface area contributed by atoms with E-state index < -0.39 is 0 Å². The fourth-order valence-electron chi connectivity index (χ4n) is 2.39. The van der Waals surface area contributed by atoms with Crippen LogP contribution in [0, 0.1) is 5.92 Å². The molecule has 0 aromatic carbocycles. The first-order valence-electron chi connectivity index (χ1n) is 7.28. The molecule has 1 atom stereocenters. The number of aromatic nitrogens is 1. The van der Waals surface area contributed by atoms with Crippen molar-refractivity contribution in [3.8, 4) is 0 Å². The van der Waals surface area contributed by atoms with Crippen molar-refractivity contribution >= 4 is 11.7 Å². The van der Waals surface area contributed by atoms with Gasteiger partial charge in [-0.2, -0.15) is 0 Å². The summed E-state index contributed by atoms with van der Waals surface area (Å²) in [5.74, 6) is 1.61. The highest BCUT2D eigenvalue weighted by Crippen LogP contribution is 2.20. The third-order valence-corrected chi connectivity index (χ3v) is 3.51. The van der Waals surface area contributed by atoms with Crippen LogP contribution in [0.3, 0.4) is 0 Å². The van der Waals surface area contributed by atoms with Gasteiger partial charge in [0.25, 0.3) is 0 Å². The quantitative estimate of drug-likeness (QED) is 0.847. The number of nitrogens with zero attached hydrogens (tertiary/aromatic N) is 2. The van der Waals surface area contributed by atoms with E-state index in [1.807, 2.05) is 13.0 Å². The molecule has 1 unspecified atom stereocenters. The molecule has 2 rings (SSSR count). The summed E-state index contributed by atoms with van der Waals surface area (Å²) < 4.78 is 0. The number of piperazine rings is 1. The third-order valence-electron chi connectivity index (χ3n) is 3.51. The summed E-state index contributed by atoms with van der Waals surface area (Å²) in [5, 5.41) is 6.32. The van der Waals surface area contributed by atoms with E-state index in [2.05, 4.69) is 40.4 Å². The van der Waals surface area contributed by atoms with Gasteiger partial charge in [-0.25, -0.2) is 4.98 Å². The minimum absolute atomic E-state index is 0.0722. The maximum absolute atomic E-state index is 11.8. The lowest BCUT2D eigenvalue weighted by atomic mass is 10.1. The summed E-state index contributed by atoms with van der Waals surface area (Å²) in [6, 6.07) is 3.86. The van der Waals surface area contributed by atoms with Crippen molar-refractivity contribution in [2.24, 2.45) is 5.92 Å². The van der Waals surface area contributed by atoms with Crippen molar-refractivity contribution in [3.63, 3.8) is 0 Å². The third kappa shape index (κ3) is 3.48. The molecule has 2 heterocycles. The monoisotopic (exact) mass is 276 g/mol. The van der Waals surface area contributed by atoms with E-state index in [0.717, 1.165) is 31.0 Å². The minimum Gasteiger partial charge on any atom is -0.353 e. The van der Waals surface area contributed by atoms with Crippen molar-refractivity contribution in [2.45, 2.75) is 33.4 Å². The molecule has 1 amide bonds. The molecular formula is C15H24N4O. The number of hydrogen-bond acceptors (Lipinski definition) is 4. The smallest absolute Gasteiger partial charge is 0.242 e. The van der Waals surface area contributed by atoms with Crippen LogP contribution in [0.1, 0.15) is 26.3 Å². The van der Waals surface area contributed by atoms with Gasteiger partial charge in [0, 0.05) is 31.4 Å². The number of carbonyl (C=O) groups is 1. The van der Waals surface area contributed by atoms with E-state index in [0.29, 0.717) is 12.5 Å². The lowest BCUT2D eigenvalue weighted by molar-refractivity contribution is -0.122. The molecule has 5 heteroatoms. The fraction of sp³-hybridized carbons (Fsp3) is 0.600. The van der Waals surface area contributed by atoms with Crippen molar-refractivity contribution in [2.75, 3.05) is 24.5 Å². The minimum atomic E-state index is -0.164. The van der Waals surface area contributed by atoms with E-state index in [1.54, 1.807) is 6.20 Å². The SMILES string of the molecule is CC(C)CNCc1cccnc1N1CCNC(=O)C1C. The van der Waals surface area contributed by atoms with Crippen molar-refractivity contribution in [1.29, 1.82) is 0 Å². The Morgan fingerprint density at radius 2 is 2.35 bits per heavy atom. The highest BCUT2D eigenvalue weighted by atomic mass is 16.2. The van der Waals surface area contributed by atoms with Gasteiger partial charge >= 0.3 is 0 Å². The molecule has 0 spiro atoms. The van der Waals surface area contributed by atoms with Gasteiger partial charge in [0.1, 0.15) is 11.9 Å². The second-order valence-electron chi connectivity index (χ2n) is 5.67. The Morgan fingerprint density at radius 1 is 1.55 bits per heavy atom. The molecule has 1 saturated heterocycles. The molecule has 0 aliphatic carbocycles. The molecular weight excluding hydrogens is 252 g/mol. The molecule has 110 valence electrons. The van der Waals surface area contributed by atoms with E-state index in [1.165, 1.54) is 0 Å². The van der Waals surface area contributed by atoms with Crippen molar-refractivity contribution < 1.29 is 4.79 Å². The van der Waals surface area contributed by atoms with Crippen LogP contribution in [0.15, 0.2) is 18.3 Å². The van der Waals surface area contributed by atoms with Crippen LogP contribution in [0.4, 0.5) is 5.82 Å². The van der Waals surface area contributed by atoms with Crippen LogP contribution in [0.2, 0.25) is 0 Å². The van der Waals surface area contributed by atoms with Crippen LogP contribution in [0.5, 0.6) is 0 Å². The van der Waals surface area contributed by atoms with E-state index >= 15 is 0 Å². The van der Waals surface area contributed by atoms with Crippen LogP contribution < -0.4 is 15.5 Å². The van der Waals surface area contributed by atoms with Crippen molar-refractivity contribution in [3.05, 3.63) is 23.9 Å². The maximum Gasteiger partial charge on any atom is 0.242 e. The molecule has 1 aromatic rings. The molecule has 20 heavy (non-hydrogen) atoms. The summed E-state index contributed by atoms with van der Waals surface area (Å²) in [5.41, 5.74) is 1.15. The molecule has 1 fully saturated rings. The summed E-state index contributed by atoms with van der Waals surface area (Å²) in [6.07, 6.45) is 1.79. The Balaban J connectivity index is 2.12. The second-order valence-corrected chi connectivity index (χ2v) is 5.67. The fourth-order valence-corrected chi connectivity index (χ4v) is 2.39. The molecule has 2 N–H and O–H groups in total. The highest BCUT2D eigenvalue weighted by Gasteiger charge is 2.27. The molecule has 1 aliphatic heterocycles.